The predicted molar refractivity (Wildman–Crippen MR) is 243 cm³/mol. The molecule has 1 aromatic rings. The molecule has 0 bridgehead atoms. The first-order chi connectivity index (χ1) is 29.5. The number of thioether (sulfide) groups is 2. The molecule has 368 valence electrons. The van der Waals surface area contributed by atoms with Crippen molar-refractivity contribution in [3.05, 3.63) is 24.3 Å². The molecule has 19 heteroatoms. The van der Waals surface area contributed by atoms with Crippen LogP contribution in [0.1, 0.15) is 102 Å². The highest BCUT2D eigenvalue weighted by atomic mass is 32.3. The van der Waals surface area contributed by atoms with Gasteiger partial charge in [-0.2, -0.15) is 8.42 Å². The number of nitrogens with zero attached hydrogens (tertiary/aromatic N) is 1. The lowest BCUT2D eigenvalue weighted by Crippen LogP contribution is -2.60. The number of ketones is 1. The third-order valence-corrected chi connectivity index (χ3v) is 18.5. The van der Waals surface area contributed by atoms with Crippen LogP contribution in [0.2, 0.25) is 0 Å². The topological polar surface area (TPSA) is 228 Å². The second kappa shape index (κ2) is 21.9. The Morgan fingerprint density at radius 3 is 1.97 bits per heavy atom. The van der Waals surface area contributed by atoms with E-state index in [9.17, 15) is 38.4 Å². The fourth-order valence-corrected chi connectivity index (χ4v) is 13.6. The first kappa shape index (κ1) is 55.2. The molecule has 16 nitrogen and oxygen atoms in total. The Balaban J connectivity index is 0.000000583. The van der Waals surface area contributed by atoms with Crippen molar-refractivity contribution >= 4 is 45.4 Å². The van der Waals surface area contributed by atoms with Crippen LogP contribution in [-0.2, 0) is 48.1 Å². The van der Waals surface area contributed by atoms with E-state index in [0.29, 0.717) is 12.8 Å². The molecule has 1 aromatic carbocycles. The van der Waals surface area contributed by atoms with Gasteiger partial charge < -0.3 is 53.7 Å². The van der Waals surface area contributed by atoms with Gasteiger partial charge in [0.15, 0.2) is 16.5 Å². The predicted octanol–water partition coefficient (Wildman–Crippen LogP) is 5.12. The molecule has 4 aliphatic rings. The van der Waals surface area contributed by atoms with Gasteiger partial charge in [0, 0.05) is 47.1 Å². The van der Waals surface area contributed by atoms with Gasteiger partial charge >= 0.3 is 5.97 Å². The van der Waals surface area contributed by atoms with Crippen LogP contribution in [0.5, 0.6) is 0 Å². The van der Waals surface area contributed by atoms with E-state index in [1.54, 1.807) is 41.5 Å². The number of likely N-dealkylation sites (N-methyl/N-ethyl adjacent to an activating group) is 1. The Morgan fingerprint density at radius 2 is 1.45 bits per heavy atom. The number of carbonyl (C=O) groups is 2. The van der Waals surface area contributed by atoms with Crippen LogP contribution >= 0.6 is 23.5 Å². The van der Waals surface area contributed by atoms with E-state index in [-0.39, 0.29) is 30.8 Å². The Labute approximate surface area is 388 Å². The van der Waals surface area contributed by atoms with E-state index in [1.165, 1.54) is 37.6 Å². The quantitative estimate of drug-likeness (QED) is 0.168. The van der Waals surface area contributed by atoms with E-state index >= 15 is 0 Å². The zero-order valence-corrected chi connectivity index (χ0v) is 42.3. The van der Waals surface area contributed by atoms with Crippen molar-refractivity contribution in [2.24, 2.45) is 29.1 Å². The molecule has 0 radical (unpaired) electrons. The summed E-state index contributed by atoms with van der Waals surface area (Å²) in [6.45, 7) is 19.4. The van der Waals surface area contributed by atoms with E-state index in [2.05, 4.69) is 0 Å². The Hall–Kier alpha value is -1.43. The molecule has 17 atom stereocenters. The van der Waals surface area contributed by atoms with Gasteiger partial charge in [0.05, 0.1) is 42.0 Å². The Bertz CT molecular complexity index is 1810. The van der Waals surface area contributed by atoms with Crippen molar-refractivity contribution < 1.29 is 71.4 Å². The number of hydrogen-bond acceptors (Lipinski definition) is 17. The maximum atomic E-state index is 14.1. The van der Waals surface area contributed by atoms with Gasteiger partial charge in [0.1, 0.15) is 29.7 Å². The number of Topliss-reactive ketones (excluding diaryl/α,β-unsaturated/α-hetero) is 1. The van der Waals surface area contributed by atoms with Crippen LogP contribution in [0.25, 0.3) is 0 Å². The van der Waals surface area contributed by atoms with E-state index in [4.69, 9.17) is 33.0 Å². The number of aliphatic hydroxyl groups is 4. The summed E-state index contributed by atoms with van der Waals surface area (Å²) in [5.74, 6) is -4.01. The van der Waals surface area contributed by atoms with Crippen molar-refractivity contribution in [1.82, 2.24) is 4.90 Å². The molecule has 5 rings (SSSR count). The van der Waals surface area contributed by atoms with E-state index in [0.717, 1.165) is 9.79 Å². The first-order valence-corrected chi connectivity index (χ1v) is 25.5. The molecule has 3 saturated heterocycles. The molecule has 0 spiro atoms. The summed E-state index contributed by atoms with van der Waals surface area (Å²) in [5, 5.41) is 45.5. The smallest absolute Gasteiger partial charge is 0.311 e. The van der Waals surface area contributed by atoms with Gasteiger partial charge in [-0.05, 0) is 85.5 Å². The average Bonchev–Trinajstić information content (AvgIpc) is 3.68. The van der Waals surface area contributed by atoms with Crippen LogP contribution in [0, 0.1) is 29.1 Å². The number of esters is 1. The van der Waals surface area contributed by atoms with Gasteiger partial charge in [0.25, 0.3) is 10.1 Å². The highest BCUT2D eigenvalue weighted by Gasteiger charge is 2.53. The van der Waals surface area contributed by atoms with Crippen LogP contribution in [0.3, 0.4) is 0 Å². The van der Waals surface area contributed by atoms with Crippen LogP contribution < -0.4 is 0 Å². The van der Waals surface area contributed by atoms with Crippen molar-refractivity contribution in [3.8, 4) is 0 Å². The van der Waals surface area contributed by atoms with Gasteiger partial charge in [-0.3, -0.25) is 14.1 Å². The Morgan fingerprint density at radius 1 is 0.875 bits per heavy atom. The maximum absolute atomic E-state index is 14.1. The largest absolute Gasteiger partial charge is 0.459 e. The molecule has 64 heavy (non-hydrogen) atoms. The summed E-state index contributed by atoms with van der Waals surface area (Å²) in [5.41, 5.74) is -3.73. The summed E-state index contributed by atoms with van der Waals surface area (Å²) in [6, 6.07) is 7.14. The minimum absolute atomic E-state index is 0.156. The maximum Gasteiger partial charge on any atom is 0.311 e. The molecule has 4 heterocycles. The summed E-state index contributed by atoms with van der Waals surface area (Å²) in [7, 11) is 1.36. The summed E-state index contributed by atoms with van der Waals surface area (Å²) >= 11 is 2.34. The monoisotopic (exact) mass is 965 g/mol. The van der Waals surface area contributed by atoms with Crippen LogP contribution in [0.15, 0.2) is 34.1 Å². The highest BCUT2D eigenvalue weighted by molar-refractivity contribution is 8.30. The number of benzene rings is 1. The van der Waals surface area contributed by atoms with Crippen LogP contribution in [0.4, 0.5) is 0 Å². The van der Waals surface area contributed by atoms with E-state index in [1.807, 2.05) is 71.0 Å². The summed E-state index contributed by atoms with van der Waals surface area (Å²) < 4.78 is 67.3. The fraction of sp³-hybridized carbons (Fsp3) is 0.822. The van der Waals surface area contributed by atoms with Crippen molar-refractivity contribution in [2.75, 3.05) is 21.2 Å². The van der Waals surface area contributed by atoms with E-state index < -0.39 is 116 Å². The highest BCUT2D eigenvalue weighted by Crippen LogP contribution is 2.49. The third kappa shape index (κ3) is 12.6. The first-order valence-electron chi connectivity index (χ1n) is 22.2. The molecular weight excluding hydrogens is 891 g/mol. The molecule has 3 fully saturated rings. The number of hydrogen-bond donors (Lipinski definition) is 5. The average molecular weight is 966 g/mol. The van der Waals surface area contributed by atoms with Crippen molar-refractivity contribution in [1.29, 1.82) is 0 Å². The summed E-state index contributed by atoms with van der Waals surface area (Å²) in [4.78, 5) is 31.8. The lowest BCUT2D eigenvalue weighted by molar-refractivity contribution is -0.313. The number of cyclic esters (lactones) is 1. The second-order valence-corrected chi connectivity index (χ2v) is 24.3. The standard InChI is InChI=1S/C38H69NO12.C7H6O3S3/c1-15-26-38(11,45)31(42)21(4)28(40)19(2)17-36(8,9)33(51-35-29(41)25(39(12)13)16-20(3)47-35)22(5)30(23(6)34(44)49-26)50-27-18-37(10,46-14)32(43)24(7)48-27;8-13(9,10)7-11-5-3-1-2-4-6(5)12-7/h19-27,29-33,35,41-43,45H,15-18H2,1-14H3;1-4,7H,(H,8,9,10)/t19-,20?,21+,22+,23-,24?,25?,26-,27?,29?,30+,31-,32?,33-,35?,37?,38-;/m1./s1. The van der Waals surface area contributed by atoms with Gasteiger partial charge in [-0.25, -0.2) is 0 Å². The molecule has 0 amide bonds. The minimum Gasteiger partial charge on any atom is -0.459 e. The summed E-state index contributed by atoms with van der Waals surface area (Å²) in [6.07, 6.45) is -7.84. The van der Waals surface area contributed by atoms with Crippen molar-refractivity contribution in [2.45, 2.75) is 194 Å². The molecule has 0 aromatic heterocycles. The van der Waals surface area contributed by atoms with Gasteiger partial charge in [0.2, 0.25) is 0 Å². The fourth-order valence-electron chi connectivity index (χ4n) is 9.76. The third-order valence-electron chi connectivity index (χ3n) is 13.6. The van der Waals surface area contributed by atoms with Crippen molar-refractivity contribution in [3.63, 3.8) is 0 Å². The number of methoxy groups -OCH3 is 1. The molecule has 4 aliphatic heterocycles. The Kier molecular flexibility index (Phi) is 18.9. The zero-order chi connectivity index (χ0) is 48.4. The lowest BCUT2D eigenvalue weighted by Gasteiger charge is -2.49. The SMILES string of the molecule is CC[C@H]1OC(=O)[C@H](C)[C@@H](OC2CC(C)(OC)C(O)C(C)O2)[C@H](C)[C@@H](OC2OC(C)CC(N(C)C)C2O)C(C)(C)C[C@@H](C)C(=O)[C@H](C)[C@@H](O)[C@]1(C)O.O=S(=O)(O)C1Sc2ccccc2S1. The number of fused-ring (bicyclic) bond motifs is 1. The van der Waals surface area contributed by atoms with Gasteiger partial charge in [-0.1, -0.05) is 77.2 Å². The lowest BCUT2D eigenvalue weighted by atomic mass is 9.69. The zero-order valence-electron chi connectivity index (χ0n) is 39.9. The number of ether oxygens (including phenoxy) is 6. The normalized spacial score (nSPS) is 41.7. The molecule has 0 aliphatic carbocycles. The molecule has 5 N–H and O–H groups in total. The minimum atomic E-state index is -3.94. The molecular formula is C45H75NO15S3. The number of carbonyl (C=O) groups excluding carboxylic acids is 2. The van der Waals surface area contributed by atoms with Gasteiger partial charge in [-0.15, -0.1) is 0 Å². The molecule has 0 saturated carbocycles. The molecule has 8 unspecified atom stereocenters. The second-order valence-electron chi connectivity index (χ2n) is 19.6. The van der Waals surface area contributed by atoms with Crippen LogP contribution in [-0.4, -0.2) is 154 Å². The number of aliphatic hydroxyl groups excluding tert-OH is 3. The number of rotatable bonds is 8.